The van der Waals surface area contributed by atoms with Gasteiger partial charge in [0.1, 0.15) is 5.52 Å². The summed E-state index contributed by atoms with van der Waals surface area (Å²) in [5, 5.41) is 11.4. The van der Waals surface area contributed by atoms with Gasteiger partial charge in [0.05, 0.1) is 16.2 Å². The lowest BCUT2D eigenvalue weighted by Gasteiger charge is -2.07. The Kier molecular flexibility index (Phi) is 4.13. The van der Waals surface area contributed by atoms with Gasteiger partial charge in [-0.05, 0) is 43.3 Å². The van der Waals surface area contributed by atoms with Crippen molar-refractivity contribution in [2.45, 2.75) is 13.5 Å². The number of benzene rings is 2. The summed E-state index contributed by atoms with van der Waals surface area (Å²) in [7, 11) is 0. The van der Waals surface area contributed by atoms with Crippen molar-refractivity contribution in [3.05, 3.63) is 51.5 Å². The first-order valence-electron chi connectivity index (χ1n) is 6.68. The minimum absolute atomic E-state index is 0.239. The molecule has 3 rings (SSSR count). The molecule has 0 aliphatic heterocycles. The zero-order valence-electron chi connectivity index (χ0n) is 11.7. The predicted molar refractivity (Wildman–Crippen MR) is 90.3 cm³/mol. The highest BCUT2D eigenvalue weighted by atomic mass is 79.9. The lowest BCUT2D eigenvalue weighted by molar-refractivity contribution is 0.102. The van der Waals surface area contributed by atoms with E-state index in [2.05, 4.69) is 31.6 Å². The monoisotopic (exact) mass is 378 g/mol. The van der Waals surface area contributed by atoms with Gasteiger partial charge in [0, 0.05) is 16.6 Å². The van der Waals surface area contributed by atoms with Crippen LogP contribution in [0.1, 0.15) is 17.3 Å². The Hall–Kier alpha value is -1.92. The molecular weight excluding hydrogens is 368 g/mol. The molecule has 0 unspecified atom stereocenters. The molecule has 1 aromatic heterocycles. The van der Waals surface area contributed by atoms with Crippen molar-refractivity contribution < 1.29 is 4.79 Å². The molecule has 22 heavy (non-hydrogen) atoms. The summed E-state index contributed by atoms with van der Waals surface area (Å²) in [6.07, 6.45) is 0. The van der Waals surface area contributed by atoms with E-state index < -0.39 is 0 Å². The zero-order chi connectivity index (χ0) is 15.7. The highest BCUT2D eigenvalue weighted by Gasteiger charge is 2.11. The van der Waals surface area contributed by atoms with Crippen molar-refractivity contribution in [2.24, 2.45) is 0 Å². The number of amides is 1. The number of rotatable bonds is 3. The summed E-state index contributed by atoms with van der Waals surface area (Å²) in [6.45, 7) is 2.72. The summed E-state index contributed by atoms with van der Waals surface area (Å²) in [4.78, 5) is 12.3. The van der Waals surface area contributed by atoms with Crippen LogP contribution >= 0.6 is 27.5 Å². The van der Waals surface area contributed by atoms with E-state index in [1.807, 2.05) is 19.1 Å². The van der Waals surface area contributed by atoms with E-state index in [1.165, 1.54) is 0 Å². The first-order valence-corrected chi connectivity index (χ1v) is 7.85. The Morgan fingerprint density at radius 2 is 2.14 bits per heavy atom. The van der Waals surface area contributed by atoms with Crippen LogP contribution in [0.4, 0.5) is 5.69 Å². The quantitative estimate of drug-likeness (QED) is 0.744. The van der Waals surface area contributed by atoms with E-state index in [-0.39, 0.29) is 5.91 Å². The first kappa shape index (κ1) is 15.0. The van der Waals surface area contributed by atoms with Crippen LogP contribution in [0.5, 0.6) is 0 Å². The van der Waals surface area contributed by atoms with Crippen molar-refractivity contribution in [3.63, 3.8) is 0 Å². The van der Waals surface area contributed by atoms with Crippen LogP contribution in [0.15, 0.2) is 40.9 Å². The largest absolute Gasteiger partial charge is 0.321 e. The molecule has 3 aromatic rings. The van der Waals surface area contributed by atoms with Crippen LogP contribution in [0.2, 0.25) is 5.02 Å². The Bertz CT molecular complexity index is 862. The molecule has 0 fully saturated rings. The number of halogens is 2. The number of nitrogens with one attached hydrogen (secondary N) is 1. The molecule has 112 valence electrons. The molecule has 0 bridgehead atoms. The van der Waals surface area contributed by atoms with Gasteiger partial charge < -0.3 is 5.32 Å². The van der Waals surface area contributed by atoms with Crippen LogP contribution in [0.25, 0.3) is 11.0 Å². The lowest BCUT2D eigenvalue weighted by atomic mass is 10.2. The fraction of sp³-hybridized carbons (Fsp3) is 0.133. The molecule has 2 aromatic carbocycles. The molecule has 0 aliphatic carbocycles. The molecule has 1 amide bonds. The van der Waals surface area contributed by atoms with E-state index in [0.717, 1.165) is 16.5 Å². The summed E-state index contributed by atoms with van der Waals surface area (Å²) >= 11 is 9.44. The molecule has 5 nitrogen and oxygen atoms in total. The molecule has 0 aliphatic rings. The third-order valence-electron chi connectivity index (χ3n) is 3.25. The van der Waals surface area contributed by atoms with Crippen LogP contribution < -0.4 is 5.32 Å². The Labute approximate surface area is 140 Å². The normalized spacial score (nSPS) is 10.9. The number of carbonyl (C=O) groups excluding carboxylic acids is 1. The molecule has 1 heterocycles. The molecular formula is C15H12BrClN4O. The SMILES string of the molecule is CCn1nnc2cc(C(=O)Nc3ccc(Br)cc3Cl)ccc21. The minimum atomic E-state index is -0.239. The Morgan fingerprint density at radius 3 is 2.86 bits per heavy atom. The van der Waals surface area contributed by atoms with Crippen LogP contribution in [-0.2, 0) is 6.54 Å². The zero-order valence-corrected chi connectivity index (χ0v) is 14.0. The van der Waals surface area contributed by atoms with E-state index in [1.54, 1.807) is 28.9 Å². The van der Waals surface area contributed by atoms with Gasteiger partial charge in [0.15, 0.2) is 0 Å². The Morgan fingerprint density at radius 1 is 1.32 bits per heavy atom. The summed E-state index contributed by atoms with van der Waals surface area (Å²) in [5.74, 6) is -0.239. The number of aryl methyl sites for hydroxylation is 1. The molecule has 1 N–H and O–H groups in total. The van der Waals surface area contributed by atoms with Crippen molar-refractivity contribution in [1.29, 1.82) is 0 Å². The molecule has 0 spiro atoms. The van der Waals surface area contributed by atoms with E-state index in [4.69, 9.17) is 11.6 Å². The Balaban J connectivity index is 1.88. The van der Waals surface area contributed by atoms with Crippen molar-refractivity contribution >= 4 is 50.2 Å². The topological polar surface area (TPSA) is 59.8 Å². The third kappa shape index (κ3) is 2.84. The maximum atomic E-state index is 12.3. The second-order valence-corrected chi connectivity index (χ2v) is 6.01. The number of anilines is 1. The van der Waals surface area contributed by atoms with Gasteiger partial charge in [0.2, 0.25) is 0 Å². The molecule has 0 saturated heterocycles. The summed E-state index contributed by atoms with van der Waals surface area (Å²) < 4.78 is 2.64. The van der Waals surface area contributed by atoms with E-state index >= 15 is 0 Å². The average molecular weight is 380 g/mol. The fourth-order valence-corrected chi connectivity index (χ4v) is 2.85. The summed E-state index contributed by atoms with van der Waals surface area (Å²) in [5.41, 5.74) is 2.67. The molecule has 0 saturated carbocycles. The van der Waals surface area contributed by atoms with Gasteiger partial charge in [-0.3, -0.25) is 4.79 Å². The predicted octanol–water partition coefficient (Wildman–Crippen LogP) is 4.12. The number of carbonyl (C=O) groups is 1. The second kappa shape index (κ2) is 6.06. The number of nitrogens with zero attached hydrogens (tertiary/aromatic N) is 3. The van der Waals surface area contributed by atoms with Gasteiger partial charge in [-0.15, -0.1) is 5.10 Å². The highest BCUT2D eigenvalue weighted by Crippen LogP contribution is 2.26. The van der Waals surface area contributed by atoms with E-state index in [9.17, 15) is 4.79 Å². The number of hydrogen-bond donors (Lipinski definition) is 1. The smallest absolute Gasteiger partial charge is 0.255 e. The third-order valence-corrected chi connectivity index (χ3v) is 4.06. The maximum absolute atomic E-state index is 12.3. The highest BCUT2D eigenvalue weighted by molar-refractivity contribution is 9.10. The number of aromatic nitrogens is 3. The molecule has 0 atom stereocenters. The van der Waals surface area contributed by atoms with Gasteiger partial charge >= 0.3 is 0 Å². The minimum Gasteiger partial charge on any atom is -0.321 e. The maximum Gasteiger partial charge on any atom is 0.255 e. The summed E-state index contributed by atoms with van der Waals surface area (Å²) in [6, 6.07) is 10.6. The second-order valence-electron chi connectivity index (χ2n) is 4.69. The fourth-order valence-electron chi connectivity index (χ4n) is 2.13. The van der Waals surface area contributed by atoms with Crippen molar-refractivity contribution in [3.8, 4) is 0 Å². The lowest BCUT2D eigenvalue weighted by Crippen LogP contribution is -2.12. The van der Waals surface area contributed by atoms with Crippen molar-refractivity contribution in [1.82, 2.24) is 15.0 Å². The average Bonchev–Trinajstić information content (AvgIpc) is 2.92. The van der Waals surface area contributed by atoms with Crippen molar-refractivity contribution in [2.75, 3.05) is 5.32 Å². The standard InChI is InChI=1S/C15H12BrClN4O/c1-2-21-14-6-3-9(7-13(14)19-20-21)15(22)18-12-5-4-10(16)8-11(12)17/h3-8H,2H2,1H3,(H,18,22). The van der Waals surface area contributed by atoms with Gasteiger partial charge in [0.25, 0.3) is 5.91 Å². The van der Waals surface area contributed by atoms with Gasteiger partial charge in [-0.1, -0.05) is 32.7 Å². The number of fused-ring (bicyclic) bond motifs is 1. The van der Waals surface area contributed by atoms with Crippen LogP contribution in [-0.4, -0.2) is 20.9 Å². The van der Waals surface area contributed by atoms with Crippen LogP contribution in [0.3, 0.4) is 0 Å². The van der Waals surface area contributed by atoms with Gasteiger partial charge in [-0.25, -0.2) is 4.68 Å². The van der Waals surface area contributed by atoms with Gasteiger partial charge in [-0.2, -0.15) is 0 Å². The number of hydrogen-bond acceptors (Lipinski definition) is 3. The first-order chi connectivity index (χ1) is 10.6. The molecule has 0 radical (unpaired) electrons. The molecule has 7 heteroatoms. The van der Waals surface area contributed by atoms with E-state index in [0.29, 0.717) is 21.8 Å². The van der Waals surface area contributed by atoms with Crippen LogP contribution in [0, 0.1) is 0 Å².